The summed E-state index contributed by atoms with van der Waals surface area (Å²) in [7, 11) is 0. The van der Waals surface area contributed by atoms with Crippen LogP contribution in [0.4, 0.5) is 17.2 Å². The summed E-state index contributed by atoms with van der Waals surface area (Å²) < 4.78 is 0. The second-order valence-electron chi connectivity index (χ2n) is 2.04. The number of hydrazine groups is 1. The van der Waals surface area contributed by atoms with E-state index in [4.69, 9.17) is 11.6 Å². The fourth-order valence-electron chi connectivity index (χ4n) is 0.719. The van der Waals surface area contributed by atoms with E-state index in [0.717, 1.165) is 0 Å². The van der Waals surface area contributed by atoms with E-state index in [2.05, 4.69) is 10.4 Å². The fraction of sp³-hybridized carbons (Fsp3) is 0. The number of hydrogen-bond donors (Lipinski definition) is 3. The number of hydrogen-bond acceptors (Lipinski definition) is 6. The number of nitro groups is 1. The Morgan fingerprint density at radius 2 is 2.33 bits per heavy atom. The SMILES string of the molecule is NNc1ncc(N)cc1[N+](=O)[O-]. The van der Waals surface area contributed by atoms with Gasteiger partial charge in [-0.2, -0.15) is 0 Å². The average molecular weight is 169 g/mol. The highest BCUT2D eigenvalue weighted by Gasteiger charge is 2.13. The van der Waals surface area contributed by atoms with Gasteiger partial charge in [-0.3, -0.25) is 10.1 Å². The molecule has 0 saturated carbocycles. The Bertz CT molecular complexity index is 313. The molecule has 0 fully saturated rings. The Morgan fingerprint density at radius 1 is 1.67 bits per heavy atom. The summed E-state index contributed by atoms with van der Waals surface area (Å²) in [4.78, 5) is 13.3. The van der Waals surface area contributed by atoms with E-state index in [0.29, 0.717) is 0 Å². The van der Waals surface area contributed by atoms with Gasteiger partial charge in [-0.25, -0.2) is 10.8 Å². The van der Waals surface area contributed by atoms with E-state index in [9.17, 15) is 10.1 Å². The first-order chi connectivity index (χ1) is 5.65. The molecule has 0 atom stereocenters. The first kappa shape index (κ1) is 8.21. The lowest BCUT2D eigenvalue weighted by Gasteiger charge is -2.00. The van der Waals surface area contributed by atoms with Gasteiger partial charge in [0.2, 0.25) is 5.82 Å². The molecular weight excluding hydrogens is 162 g/mol. The smallest absolute Gasteiger partial charge is 0.314 e. The van der Waals surface area contributed by atoms with Gasteiger partial charge >= 0.3 is 5.69 Å². The number of anilines is 2. The minimum Gasteiger partial charge on any atom is -0.397 e. The van der Waals surface area contributed by atoms with Crippen molar-refractivity contribution < 1.29 is 4.92 Å². The number of rotatable bonds is 2. The highest BCUT2D eigenvalue weighted by molar-refractivity contribution is 5.60. The summed E-state index contributed by atoms with van der Waals surface area (Å²) in [6, 6.07) is 1.18. The number of aromatic nitrogens is 1. The molecule has 0 aliphatic carbocycles. The van der Waals surface area contributed by atoms with E-state index in [1.165, 1.54) is 12.3 Å². The Hall–Kier alpha value is -1.89. The van der Waals surface area contributed by atoms with Crippen molar-refractivity contribution in [1.29, 1.82) is 0 Å². The minimum atomic E-state index is -0.613. The van der Waals surface area contributed by atoms with Gasteiger partial charge in [0.15, 0.2) is 0 Å². The molecule has 0 bridgehead atoms. The van der Waals surface area contributed by atoms with Crippen LogP contribution in [0.3, 0.4) is 0 Å². The van der Waals surface area contributed by atoms with Gasteiger partial charge in [0.1, 0.15) is 0 Å². The van der Waals surface area contributed by atoms with Gasteiger partial charge < -0.3 is 11.2 Å². The van der Waals surface area contributed by atoms with Crippen LogP contribution >= 0.6 is 0 Å². The molecule has 1 rings (SSSR count). The molecule has 7 heteroatoms. The van der Waals surface area contributed by atoms with E-state index in [1.807, 2.05) is 0 Å². The first-order valence-electron chi connectivity index (χ1n) is 3.01. The summed E-state index contributed by atoms with van der Waals surface area (Å²) in [6.45, 7) is 0. The Morgan fingerprint density at radius 3 is 2.83 bits per heavy atom. The highest BCUT2D eigenvalue weighted by atomic mass is 16.6. The van der Waals surface area contributed by atoms with Crippen LogP contribution in [0.2, 0.25) is 0 Å². The van der Waals surface area contributed by atoms with E-state index < -0.39 is 4.92 Å². The van der Waals surface area contributed by atoms with E-state index in [1.54, 1.807) is 0 Å². The molecule has 1 heterocycles. The predicted octanol–water partition coefficient (Wildman–Crippen LogP) is -0.142. The maximum absolute atomic E-state index is 10.3. The summed E-state index contributed by atoms with van der Waals surface area (Å²) in [5, 5.41) is 10.3. The molecule has 1 aromatic heterocycles. The van der Waals surface area contributed by atoms with Crippen LogP contribution in [0.25, 0.3) is 0 Å². The molecule has 0 radical (unpaired) electrons. The summed E-state index contributed by atoms with van der Waals surface area (Å²) in [5.74, 6) is 4.98. The Balaban J connectivity index is 3.21. The fourth-order valence-corrected chi connectivity index (χ4v) is 0.719. The van der Waals surface area contributed by atoms with Crippen LogP contribution in [-0.2, 0) is 0 Å². The van der Waals surface area contributed by atoms with Gasteiger partial charge in [0, 0.05) is 6.07 Å². The lowest BCUT2D eigenvalue weighted by atomic mass is 10.3. The number of nitrogens with zero attached hydrogens (tertiary/aromatic N) is 2. The van der Waals surface area contributed by atoms with Crippen molar-refractivity contribution in [2.75, 3.05) is 11.2 Å². The van der Waals surface area contributed by atoms with Crippen LogP contribution < -0.4 is 17.0 Å². The summed E-state index contributed by atoms with van der Waals surface area (Å²) in [5.41, 5.74) is 7.36. The standard InChI is InChI=1S/C5H7N5O2/c6-3-1-4(10(11)12)5(9-7)8-2-3/h1-2H,6-7H2,(H,8,9). The number of pyridine rings is 1. The van der Waals surface area contributed by atoms with Gasteiger partial charge in [0.05, 0.1) is 16.8 Å². The molecule has 0 aliphatic heterocycles. The summed E-state index contributed by atoms with van der Waals surface area (Å²) in [6.07, 6.45) is 1.28. The minimum absolute atomic E-state index is 0.00537. The molecule has 7 nitrogen and oxygen atoms in total. The van der Waals surface area contributed by atoms with Crippen LogP contribution in [0.5, 0.6) is 0 Å². The normalized spacial score (nSPS) is 9.42. The molecule has 0 aliphatic rings. The maximum atomic E-state index is 10.3. The van der Waals surface area contributed by atoms with Crippen molar-refractivity contribution in [2.24, 2.45) is 5.84 Å². The third-order valence-corrected chi connectivity index (χ3v) is 1.22. The van der Waals surface area contributed by atoms with Gasteiger partial charge in [0.25, 0.3) is 0 Å². The second-order valence-corrected chi connectivity index (χ2v) is 2.04. The lowest BCUT2D eigenvalue weighted by molar-refractivity contribution is -0.384. The van der Waals surface area contributed by atoms with Crippen molar-refractivity contribution in [3.05, 3.63) is 22.4 Å². The molecule has 64 valence electrons. The first-order valence-corrected chi connectivity index (χ1v) is 3.01. The van der Waals surface area contributed by atoms with Crippen LogP contribution in [-0.4, -0.2) is 9.91 Å². The van der Waals surface area contributed by atoms with Crippen LogP contribution in [0.1, 0.15) is 0 Å². The van der Waals surface area contributed by atoms with Gasteiger partial charge in [-0.1, -0.05) is 0 Å². The second kappa shape index (κ2) is 3.01. The third kappa shape index (κ3) is 1.40. The van der Waals surface area contributed by atoms with Crippen molar-refractivity contribution >= 4 is 17.2 Å². The number of nitrogen functional groups attached to an aromatic ring is 2. The highest BCUT2D eigenvalue weighted by Crippen LogP contribution is 2.22. The number of nitrogens with two attached hydrogens (primary N) is 2. The van der Waals surface area contributed by atoms with Gasteiger partial charge in [-0.05, 0) is 0 Å². The average Bonchev–Trinajstić information content (AvgIpc) is 2.04. The van der Waals surface area contributed by atoms with Crippen LogP contribution in [0.15, 0.2) is 12.3 Å². The Labute approximate surface area is 67.5 Å². The van der Waals surface area contributed by atoms with Crippen molar-refractivity contribution in [2.45, 2.75) is 0 Å². The van der Waals surface area contributed by atoms with Crippen LogP contribution in [0, 0.1) is 10.1 Å². The topological polar surface area (TPSA) is 120 Å². The molecule has 0 aromatic carbocycles. The van der Waals surface area contributed by atoms with Crippen molar-refractivity contribution in [3.63, 3.8) is 0 Å². The molecule has 0 unspecified atom stereocenters. The molecule has 1 aromatic rings. The summed E-state index contributed by atoms with van der Waals surface area (Å²) >= 11 is 0. The zero-order valence-corrected chi connectivity index (χ0v) is 6.02. The zero-order chi connectivity index (χ0) is 9.14. The Kier molecular flexibility index (Phi) is 2.06. The predicted molar refractivity (Wildman–Crippen MR) is 43.1 cm³/mol. The molecule has 5 N–H and O–H groups in total. The maximum Gasteiger partial charge on any atom is 0.314 e. The lowest BCUT2D eigenvalue weighted by Crippen LogP contribution is -2.11. The molecule has 0 amide bonds. The number of nitrogens with one attached hydrogen (secondary N) is 1. The molecule has 0 spiro atoms. The monoisotopic (exact) mass is 169 g/mol. The van der Waals surface area contributed by atoms with Gasteiger partial charge in [-0.15, -0.1) is 0 Å². The molecular formula is C5H7N5O2. The van der Waals surface area contributed by atoms with Crippen molar-refractivity contribution in [3.8, 4) is 0 Å². The van der Waals surface area contributed by atoms with Crippen molar-refractivity contribution in [1.82, 2.24) is 4.98 Å². The largest absolute Gasteiger partial charge is 0.397 e. The van der Waals surface area contributed by atoms with E-state index in [-0.39, 0.29) is 17.2 Å². The quantitative estimate of drug-likeness (QED) is 0.322. The molecule has 12 heavy (non-hydrogen) atoms. The zero-order valence-electron chi connectivity index (χ0n) is 6.02. The third-order valence-electron chi connectivity index (χ3n) is 1.22. The van der Waals surface area contributed by atoms with E-state index >= 15 is 0 Å². The molecule has 0 saturated heterocycles.